The molecule has 0 aliphatic carbocycles. The van der Waals surface area contributed by atoms with Gasteiger partial charge in [-0.1, -0.05) is 11.3 Å². The maximum absolute atomic E-state index is 12.7. The van der Waals surface area contributed by atoms with E-state index in [9.17, 15) is 22.8 Å². The number of ether oxygens (including phenoxy) is 1. The monoisotopic (exact) mass is 388 g/mol. The lowest BCUT2D eigenvalue weighted by atomic mass is 10.2. The maximum atomic E-state index is 12.7. The molecule has 1 atom stereocenters. The Kier molecular flexibility index (Phi) is 5.12. The van der Waals surface area contributed by atoms with Crippen molar-refractivity contribution < 1.29 is 27.5 Å². The third kappa shape index (κ3) is 3.94. The molecule has 3 rings (SSSR count). The molecule has 26 heavy (non-hydrogen) atoms. The summed E-state index contributed by atoms with van der Waals surface area (Å²) < 4.78 is 41.3. The molecule has 0 unspecified atom stereocenters. The van der Waals surface area contributed by atoms with Crippen molar-refractivity contribution in [1.29, 1.82) is 0 Å². The first-order chi connectivity index (χ1) is 12.3. The van der Waals surface area contributed by atoms with Crippen molar-refractivity contribution in [1.82, 2.24) is 10.3 Å². The molecule has 2 amide bonds. The van der Waals surface area contributed by atoms with Gasteiger partial charge in [-0.2, -0.15) is 0 Å². The summed E-state index contributed by atoms with van der Waals surface area (Å²) in [6.07, 6.45) is -3.42. The highest BCUT2D eigenvalue weighted by molar-refractivity contribution is 7.22. The first-order valence-electron chi connectivity index (χ1n) is 7.75. The molecule has 0 saturated carbocycles. The molecule has 1 aliphatic heterocycles. The molecule has 1 aliphatic rings. The van der Waals surface area contributed by atoms with Crippen LogP contribution in [0.1, 0.15) is 12.8 Å². The Bertz CT molecular complexity index is 833. The van der Waals surface area contributed by atoms with Crippen LogP contribution in [0.25, 0.3) is 10.2 Å². The first-order valence-corrected chi connectivity index (χ1v) is 8.57. The molecule has 2 heterocycles. The Morgan fingerprint density at radius 2 is 2.19 bits per heavy atom. The smallest absolute Gasteiger partial charge is 0.406 e. The van der Waals surface area contributed by atoms with Gasteiger partial charge in [-0.15, -0.1) is 13.2 Å². The van der Waals surface area contributed by atoms with Gasteiger partial charge in [0.2, 0.25) is 5.91 Å². The van der Waals surface area contributed by atoms with Gasteiger partial charge in [-0.05, 0) is 31.5 Å². The summed E-state index contributed by atoms with van der Waals surface area (Å²) in [6.45, 7) is 0.274. The molecule has 1 aromatic carbocycles. The highest BCUT2D eigenvalue weighted by Crippen LogP contribution is 2.33. The second-order valence-corrected chi connectivity index (χ2v) is 6.60. The number of carbonyl (C=O) groups is 2. The summed E-state index contributed by atoms with van der Waals surface area (Å²) >= 11 is 0.919. The number of fused-ring (bicyclic) bond motifs is 1. The number of halogens is 3. The Morgan fingerprint density at radius 1 is 1.42 bits per heavy atom. The number of amides is 2. The summed E-state index contributed by atoms with van der Waals surface area (Å²) in [6, 6.07) is 3.10. The predicted molar refractivity (Wildman–Crippen MR) is 88.9 cm³/mol. The minimum absolute atomic E-state index is 0.0679. The van der Waals surface area contributed by atoms with Crippen LogP contribution in [-0.4, -0.2) is 42.3 Å². The third-order valence-corrected chi connectivity index (χ3v) is 4.78. The minimum Gasteiger partial charge on any atom is -0.406 e. The average Bonchev–Trinajstić information content (AvgIpc) is 3.22. The fourth-order valence-electron chi connectivity index (χ4n) is 2.65. The number of carbonyl (C=O) groups excluding carboxylic acids is 2. The van der Waals surface area contributed by atoms with Gasteiger partial charge in [0.15, 0.2) is 5.13 Å². The van der Waals surface area contributed by atoms with Gasteiger partial charge < -0.3 is 15.8 Å². The topological polar surface area (TPSA) is 97.6 Å². The van der Waals surface area contributed by atoms with E-state index in [1.807, 2.05) is 0 Å². The molecule has 2 aromatic rings. The van der Waals surface area contributed by atoms with Gasteiger partial charge in [0.25, 0.3) is 5.91 Å². The Hall–Kier alpha value is -2.24. The van der Waals surface area contributed by atoms with E-state index in [2.05, 4.69) is 15.0 Å². The van der Waals surface area contributed by atoms with Crippen molar-refractivity contribution >= 4 is 38.5 Å². The number of benzene rings is 1. The van der Waals surface area contributed by atoms with Crippen LogP contribution in [0.5, 0.6) is 5.75 Å². The van der Waals surface area contributed by atoms with Crippen LogP contribution in [0.4, 0.5) is 18.3 Å². The normalized spacial score (nSPS) is 17.5. The van der Waals surface area contributed by atoms with E-state index in [0.29, 0.717) is 23.2 Å². The van der Waals surface area contributed by atoms with Gasteiger partial charge >= 0.3 is 6.36 Å². The lowest BCUT2D eigenvalue weighted by Gasteiger charge is -2.20. The van der Waals surface area contributed by atoms with Gasteiger partial charge in [0, 0.05) is 6.07 Å². The van der Waals surface area contributed by atoms with Crippen LogP contribution in [0.15, 0.2) is 18.2 Å². The largest absolute Gasteiger partial charge is 0.573 e. The number of aromatic nitrogens is 1. The molecular weight excluding hydrogens is 373 g/mol. The highest BCUT2D eigenvalue weighted by atomic mass is 32.1. The second-order valence-electron chi connectivity index (χ2n) is 5.59. The fourth-order valence-corrected chi connectivity index (χ4v) is 3.67. The molecule has 0 spiro atoms. The number of thiazole rings is 1. The summed E-state index contributed by atoms with van der Waals surface area (Å²) in [4.78, 5) is 29.9. The molecule has 11 heteroatoms. The van der Waals surface area contributed by atoms with Gasteiger partial charge in [-0.25, -0.2) is 9.88 Å². The summed E-state index contributed by atoms with van der Waals surface area (Å²) in [5, 5.41) is 3.07. The van der Waals surface area contributed by atoms with E-state index < -0.39 is 36.5 Å². The number of alkyl halides is 3. The number of rotatable bonds is 4. The molecule has 0 radical (unpaired) electrons. The van der Waals surface area contributed by atoms with E-state index in [1.165, 1.54) is 6.07 Å². The molecule has 1 aromatic heterocycles. The molecule has 7 nitrogen and oxygen atoms in total. The fraction of sp³-hybridized carbons (Fsp3) is 0.400. The van der Waals surface area contributed by atoms with Crippen LogP contribution >= 0.6 is 11.3 Å². The lowest BCUT2D eigenvalue weighted by Crippen LogP contribution is -2.48. The van der Waals surface area contributed by atoms with Crippen molar-refractivity contribution in [2.75, 3.05) is 18.0 Å². The number of nitrogens with zero attached hydrogens (tertiary/aromatic N) is 2. The van der Waals surface area contributed by atoms with Crippen molar-refractivity contribution in [3.63, 3.8) is 0 Å². The maximum Gasteiger partial charge on any atom is 0.573 e. The molecular formula is C15H15F3N4O3S. The van der Waals surface area contributed by atoms with Crippen molar-refractivity contribution in [3.05, 3.63) is 18.2 Å². The van der Waals surface area contributed by atoms with Gasteiger partial charge in [0.05, 0.1) is 22.8 Å². The zero-order valence-electron chi connectivity index (χ0n) is 13.4. The molecule has 140 valence electrons. The minimum atomic E-state index is -4.81. The quantitative estimate of drug-likeness (QED) is 0.829. The van der Waals surface area contributed by atoms with Crippen LogP contribution in [0.3, 0.4) is 0 Å². The van der Waals surface area contributed by atoms with E-state index in [-0.39, 0.29) is 5.13 Å². The van der Waals surface area contributed by atoms with Gasteiger partial charge in [0.1, 0.15) is 5.75 Å². The number of nitrogens with two attached hydrogens (primary N) is 1. The molecule has 3 N–H and O–H groups in total. The SMILES string of the molecule is NCC(=O)N(C(=O)[C@@H]1CCCN1)c1nc2ccc(OC(F)(F)F)cc2s1. The number of imide groups is 1. The summed E-state index contributed by atoms with van der Waals surface area (Å²) in [7, 11) is 0. The highest BCUT2D eigenvalue weighted by Gasteiger charge is 2.34. The summed E-state index contributed by atoms with van der Waals surface area (Å²) in [5.41, 5.74) is 5.75. The number of anilines is 1. The third-order valence-electron chi connectivity index (χ3n) is 3.78. The zero-order valence-corrected chi connectivity index (χ0v) is 14.2. The molecule has 1 fully saturated rings. The zero-order chi connectivity index (χ0) is 18.9. The van der Waals surface area contributed by atoms with Crippen LogP contribution < -0.4 is 20.7 Å². The van der Waals surface area contributed by atoms with E-state index in [1.54, 1.807) is 0 Å². The standard InChI is InChI=1S/C15H15F3N4O3S/c16-15(17,18)25-8-3-4-9-11(6-8)26-14(21-9)22(12(23)7-19)13(24)10-2-1-5-20-10/h3-4,6,10,20H,1-2,5,7,19H2/t10-/m0/s1. The van der Waals surface area contributed by atoms with Crippen LogP contribution in [0, 0.1) is 0 Å². The Balaban J connectivity index is 1.94. The number of hydrogen-bond donors (Lipinski definition) is 2. The van der Waals surface area contributed by atoms with E-state index in [4.69, 9.17) is 5.73 Å². The predicted octanol–water partition coefficient (Wildman–Crippen LogP) is 1.77. The van der Waals surface area contributed by atoms with E-state index in [0.717, 1.165) is 34.8 Å². The number of nitrogens with one attached hydrogen (secondary N) is 1. The van der Waals surface area contributed by atoms with Crippen molar-refractivity contribution in [2.45, 2.75) is 25.2 Å². The van der Waals surface area contributed by atoms with Crippen LogP contribution in [0.2, 0.25) is 0 Å². The Morgan fingerprint density at radius 3 is 2.81 bits per heavy atom. The van der Waals surface area contributed by atoms with Crippen molar-refractivity contribution in [2.24, 2.45) is 5.73 Å². The lowest BCUT2D eigenvalue weighted by molar-refractivity contribution is -0.274. The molecule has 0 bridgehead atoms. The molecule has 1 saturated heterocycles. The van der Waals surface area contributed by atoms with Gasteiger partial charge in [-0.3, -0.25) is 9.59 Å². The van der Waals surface area contributed by atoms with Crippen LogP contribution in [-0.2, 0) is 9.59 Å². The Labute approximate surface area is 149 Å². The first kappa shape index (κ1) is 18.5. The second kappa shape index (κ2) is 7.17. The number of hydrogen-bond acceptors (Lipinski definition) is 7. The van der Waals surface area contributed by atoms with E-state index >= 15 is 0 Å². The van der Waals surface area contributed by atoms with Crippen molar-refractivity contribution in [3.8, 4) is 5.75 Å². The average molecular weight is 388 g/mol. The summed E-state index contributed by atoms with van der Waals surface area (Å²) in [5.74, 6) is -1.50.